The zero-order valence-corrected chi connectivity index (χ0v) is 13.5. The van der Waals surface area contributed by atoms with Crippen molar-refractivity contribution in [2.24, 2.45) is 7.05 Å². The number of anilines is 1. The molecule has 1 aliphatic rings. The molecule has 1 aromatic heterocycles. The normalized spacial score (nSPS) is 19.8. The number of aryl methyl sites for hydroxylation is 1. The highest BCUT2D eigenvalue weighted by Crippen LogP contribution is 2.31. The van der Waals surface area contributed by atoms with Gasteiger partial charge in [-0.2, -0.15) is 5.10 Å². The van der Waals surface area contributed by atoms with Crippen LogP contribution < -0.4 is 4.90 Å². The summed E-state index contributed by atoms with van der Waals surface area (Å²) >= 11 is 1.25. The molecule has 1 fully saturated rings. The maximum atomic E-state index is 12.1. The first-order chi connectivity index (χ1) is 9.18. The summed E-state index contributed by atoms with van der Waals surface area (Å²) in [6.45, 7) is 8.41. The number of amides is 1. The van der Waals surface area contributed by atoms with Crippen LogP contribution in [0.2, 0.25) is 0 Å². The Bertz CT molecular complexity index is 545. The Hall–Kier alpha value is -1.30. The van der Waals surface area contributed by atoms with E-state index in [1.54, 1.807) is 16.5 Å². The van der Waals surface area contributed by atoms with Gasteiger partial charge in [0.2, 0.25) is 5.91 Å². The van der Waals surface area contributed by atoms with Crippen LogP contribution in [0, 0.1) is 0 Å². The first-order valence-corrected chi connectivity index (χ1v) is 7.58. The van der Waals surface area contributed by atoms with E-state index in [0.29, 0.717) is 13.0 Å². The van der Waals surface area contributed by atoms with E-state index in [9.17, 15) is 9.59 Å². The first-order valence-electron chi connectivity index (χ1n) is 6.70. The lowest BCUT2D eigenvalue weighted by Gasteiger charge is -2.16. The highest BCUT2D eigenvalue weighted by atomic mass is 32.2. The molecule has 1 atom stereocenters. The lowest BCUT2D eigenvalue weighted by atomic mass is 9.92. The summed E-state index contributed by atoms with van der Waals surface area (Å²) in [6, 6.07) is 1.97. The van der Waals surface area contributed by atoms with Gasteiger partial charge in [0.1, 0.15) is 5.82 Å². The Morgan fingerprint density at radius 2 is 2.10 bits per heavy atom. The van der Waals surface area contributed by atoms with Crippen LogP contribution in [0.15, 0.2) is 6.07 Å². The molecule has 0 aromatic carbocycles. The maximum absolute atomic E-state index is 12.1. The molecule has 6 heteroatoms. The number of carbonyl (C=O) groups is 2. The average molecular weight is 295 g/mol. The highest BCUT2D eigenvalue weighted by Gasteiger charge is 2.34. The second kappa shape index (κ2) is 5.24. The Morgan fingerprint density at radius 3 is 2.60 bits per heavy atom. The van der Waals surface area contributed by atoms with Crippen LogP contribution in [0.1, 0.15) is 39.8 Å². The summed E-state index contributed by atoms with van der Waals surface area (Å²) in [4.78, 5) is 25.0. The van der Waals surface area contributed by atoms with E-state index in [-0.39, 0.29) is 21.7 Å². The molecule has 2 rings (SSSR count). The van der Waals surface area contributed by atoms with Crippen LogP contribution in [0.25, 0.3) is 0 Å². The SMILES string of the molecule is CC(=O)SC1CC(=O)N(c2cc(C(C)(C)C)nn2C)C1. The molecule has 0 aliphatic carbocycles. The van der Waals surface area contributed by atoms with Gasteiger partial charge in [-0.3, -0.25) is 19.2 Å². The van der Waals surface area contributed by atoms with Gasteiger partial charge in [-0.05, 0) is 0 Å². The molecule has 5 nitrogen and oxygen atoms in total. The Labute approximate surface area is 123 Å². The van der Waals surface area contributed by atoms with E-state index in [1.807, 2.05) is 13.1 Å². The second-order valence-electron chi connectivity index (χ2n) is 6.20. The van der Waals surface area contributed by atoms with Gasteiger partial charge in [-0.1, -0.05) is 32.5 Å². The quantitative estimate of drug-likeness (QED) is 0.838. The predicted octanol–water partition coefficient (Wildman–Crippen LogP) is 2.10. The fourth-order valence-electron chi connectivity index (χ4n) is 2.29. The largest absolute Gasteiger partial charge is 0.296 e. The third kappa shape index (κ3) is 3.06. The van der Waals surface area contributed by atoms with Crippen LogP contribution in [0.5, 0.6) is 0 Å². The molecular weight excluding hydrogens is 274 g/mol. The zero-order chi connectivity index (χ0) is 15.1. The van der Waals surface area contributed by atoms with Gasteiger partial charge in [0.25, 0.3) is 0 Å². The van der Waals surface area contributed by atoms with Crippen molar-refractivity contribution in [2.75, 3.05) is 11.4 Å². The highest BCUT2D eigenvalue weighted by molar-refractivity contribution is 8.14. The lowest BCUT2D eigenvalue weighted by Crippen LogP contribution is -2.27. The summed E-state index contributed by atoms with van der Waals surface area (Å²) in [5.41, 5.74) is 0.914. The van der Waals surface area contributed by atoms with Gasteiger partial charge < -0.3 is 0 Å². The van der Waals surface area contributed by atoms with Crippen molar-refractivity contribution in [3.05, 3.63) is 11.8 Å². The van der Waals surface area contributed by atoms with Crippen LogP contribution in [-0.4, -0.2) is 32.6 Å². The summed E-state index contributed by atoms with van der Waals surface area (Å²) in [7, 11) is 1.85. The minimum atomic E-state index is -0.0493. The average Bonchev–Trinajstić information content (AvgIpc) is 2.80. The van der Waals surface area contributed by atoms with Gasteiger partial charge in [-0.15, -0.1) is 0 Å². The molecule has 1 amide bonds. The Morgan fingerprint density at radius 1 is 1.45 bits per heavy atom. The molecule has 0 bridgehead atoms. The monoisotopic (exact) mass is 295 g/mol. The van der Waals surface area contributed by atoms with E-state index in [1.165, 1.54) is 11.8 Å². The molecule has 1 aromatic rings. The molecule has 110 valence electrons. The van der Waals surface area contributed by atoms with E-state index in [4.69, 9.17) is 0 Å². The fraction of sp³-hybridized carbons (Fsp3) is 0.643. The van der Waals surface area contributed by atoms with Gasteiger partial charge in [-0.25, -0.2) is 0 Å². The van der Waals surface area contributed by atoms with Crippen molar-refractivity contribution < 1.29 is 9.59 Å². The molecule has 0 N–H and O–H groups in total. The molecule has 20 heavy (non-hydrogen) atoms. The van der Waals surface area contributed by atoms with Gasteiger partial charge in [0.15, 0.2) is 5.12 Å². The van der Waals surface area contributed by atoms with Crippen molar-refractivity contribution in [3.8, 4) is 0 Å². The molecule has 2 heterocycles. The smallest absolute Gasteiger partial charge is 0.229 e. The molecule has 0 spiro atoms. The van der Waals surface area contributed by atoms with Crippen LogP contribution in [0.4, 0.5) is 5.82 Å². The number of carbonyl (C=O) groups excluding carboxylic acids is 2. The summed E-state index contributed by atoms with van der Waals surface area (Å²) in [5.74, 6) is 0.874. The molecule has 1 aliphatic heterocycles. The van der Waals surface area contributed by atoms with Crippen molar-refractivity contribution in [2.45, 2.75) is 44.8 Å². The fourth-order valence-corrected chi connectivity index (χ4v) is 3.21. The van der Waals surface area contributed by atoms with E-state index < -0.39 is 0 Å². The first kappa shape index (κ1) is 15.1. The summed E-state index contributed by atoms with van der Waals surface area (Å²) in [5, 5.41) is 4.61. The Balaban J connectivity index is 2.22. The molecule has 0 radical (unpaired) electrons. The Kier molecular flexibility index (Phi) is 3.95. The molecule has 1 unspecified atom stereocenters. The van der Waals surface area contributed by atoms with Crippen LogP contribution in [0.3, 0.4) is 0 Å². The van der Waals surface area contributed by atoms with Crippen LogP contribution in [-0.2, 0) is 22.1 Å². The number of nitrogens with zero attached hydrogens (tertiary/aromatic N) is 3. The van der Waals surface area contributed by atoms with Gasteiger partial charge in [0.05, 0.1) is 5.69 Å². The van der Waals surface area contributed by atoms with Crippen molar-refractivity contribution >= 4 is 28.6 Å². The third-order valence-corrected chi connectivity index (χ3v) is 4.30. The minimum absolute atomic E-state index is 0.0491. The number of rotatable bonds is 2. The number of aromatic nitrogens is 2. The van der Waals surface area contributed by atoms with Gasteiger partial charge in [0, 0.05) is 43.7 Å². The van der Waals surface area contributed by atoms with E-state index in [0.717, 1.165) is 11.5 Å². The minimum Gasteiger partial charge on any atom is -0.296 e. The number of thioether (sulfide) groups is 1. The zero-order valence-electron chi connectivity index (χ0n) is 12.6. The second-order valence-corrected chi connectivity index (χ2v) is 7.68. The predicted molar refractivity (Wildman–Crippen MR) is 80.9 cm³/mol. The topological polar surface area (TPSA) is 55.2 Å². The molecule has 0 saturated carbocycles. The number of hydrogen-bond acceptors (Lipinski definition) is 4. The van der Waals surface area contributed by atoms with Gasteiger partial charge >= 0.3 is 0 Å². The standard InChI is InChI=1S/C14H21N3O2S/c1-9(18)20-10-6-13(19)17(8-10)12-7-11(14(2,3)4)15-16(12)5/h7,10H,6,8H2,1-5H3. The van der Waals surface area contributed by atoms with Crippen molar-refractivity contribution in [1.82, 2.24) is 9.78 Å². The van der Waals surface area contributed by atoms with Crippen molar-refractivity contribution in [3.63, 3.8) is 0 Å². The summed E-state index contributed by atoms with van der Waals surface area (Å²) in [6.07, 6.45) is 0.417. The lowest BCUT2D eigenvalue weighted by molar-refractivity contribution is -0.117. The molecular formula is C14H21N3O2S. The molecule has 1 saturated heterocycles. The van der Waals surface area contributed by atoms with E-state index in [2.05, 4.69) is 25.9 Å². The summed E-state index contributed by atoms with van der Waals surface area (Å²) < 4.78 is 1.75. The van der Waals surface area contributed by atoms with Crippen molar-refractivity contribution in [1.29, 1.82) is 0 Å². The third-order valence-electron chi connectivity index (χ3n) is 3.32. The maximum Gasteiger partial charge on any atom is 0.229 e. The number of hydrogen-bond donors (Lipinski definition) is 0. The van der Waals surface area contributed by atoms with Crippen LogP contribution >= 0.6 is 11.8 Å². The van der Waals surface area contributed by atoms with E-state index >= 15 is 0 Å².